The van der Waals surface area contributed by atoms with E-state index < -0.39 is 0 Å². The van der Waals surface area contributed by atoms with Gasteiger partial charge in [-0.25, -0.2) is 0 Å². The van der Waals surface area contributed by atoms with Crippen molar-refractivity contribution in [1.29, 1.82) is 0 Å². The van der Waals surface area contributed by atoms with Crippen molar-refractivity contribution in [3.63, 3.8) is 0 Å². The van der Waals surface area contributed by atoms with Crippen LogP contribution in [0.1, 0.15) is 12.5 Å². The number of benzene rings is 1. The Hall–Kier alpha value is -2.17. The van der Waals surface area contributed by atoms with Gasteiger partial charge in [0.1, 0.15) is 16.6 Å². The molecule has 0 aliphatic carbocycles. The van der Waals surface area contributed by atoms with Crippen molar-refractivity contribution in [1.82, 2.24) is 25.6 Å². The topological polar surface area (TPSA) is 64.5 Å². The van der Waals surface area contributed by atoms with Crippen LogP contribution in [0.5, 0.6) is 0 Å². The summed E-state index contributed by atoms with van der Waals surface area (Å²) in [6.45, 7) is 2.11. The average Bonchev–Trinajstić information content (AvgIpc) is 2.69. The Morgan fingerprint density at radius 2 is 1.94 bits per heavy atom. The highest BCUT2D eigenvalue weighted by atomic mass is 15.3. The van der Waals surface area contributed by atoms with Crippen molar-refractivity contribution in [3.05, 3.63) is 30.0 Å². The van der Waals surface area contributed by atoms with Gasteiger partial charge < -0.3 is 0 Å². The predicted molar refractivity (Wildman–Crippen MR) is 59.8 cm³/mol. The van der Waals surface area contributed by atoms with Crippen LogP contribution in [-0.2, 0) is 6.42 Å². The van der Waals surface area contributed by atoms with Gasteiger partial charge in [-0.1, -0.05) is 13.0 Å². The molecule has 0 N–H and O–H groups in total. The van der Waals surface area contributed by atoms with Crippen LogP contribution in [0.15, 0.2) is 24.4 Å². The molecule has 5 nitrogen and oxygen atoms in total. The fourth-order valence-electron chi connectivity index (χ4n) is 1.84. The van der Waals surface area contributed by atoms with E-state index in [1.54, 1.807) is 6.20 Å². The fraction of sp³-hybridized carbons (Fsp3) is 0.182. The third-order valence-electron chi connectivity index (χ3n) is 2.65. The first-order valence-corrected chi connectivity index (χ1v) is 5.12. The van der Waals surface area contributed by atoms with Gasteiger partial charge in [0.2, 0.25) is 0 Å². The van der Waals surface area contributed by atoms with E-state index >= 15 is 0 Å². The molecular weight excluding hydrogens is 202 g/mol. The number of aromatic nitrogens is 5. The molecule has 2 heterocycles. The third-order valence-corrected chi connectivity index (χ3v) is 2.65. The SMILES string of the molecule is CCc1ccnnc2c1ccc1nnnc12. The minimum atomic E-state index is 0.718. The number of fused-ring (bicyclic) bond motifs is 3. The predicted octanol–water partition coefficient (Wildman–Crippen LogP) is 1.53. The molecular formula is C11H9N5. The molecule has 0 radical (unpaired) electrons. The summed E-state index contributed by atoms with van der Waals surface area (Å²) in [7, 11) is 0. The molecule has 0 bridgehead atoms. The molecule has 16 heavy (non-hydrogen) atoms. The summed E-state index contributed by atoms with van der Waals surface area (Å²) in [5, 5.41) is 20.8. The smallest absolute Gasteiger partial charge is 0.143 e. The zero-order chi connectivity index (χ0) is 11.0. The number of nitrogens with zero attached hydrogens (tertiary/aromatic N) is 5. The Labute approximate surface area is 91.5 Å². The highest BCUT2D eigenvalue weighted by Gasteiger charge is 2.07. The van der Waals surface area contributed by atoms with Gasteiger partial charge in [0.15, 0.2) is 0 Å². The number of aryl methyl sites for hydroxylation is 1. The van der Waals surface area contributed by atoms with E-state index in [1.165, 1.54) is 5.56 Å². The molecule has 0 saturated heterocycles. The van der Waals surface area contributed by atoms with Crippen LogP contribution in [0, 0.1) is 0 Å². The Balaban J connectivity index is 2.57. The maximum Gasteiger partial charge on any atom is 0.143 e. The van der Waals surface area contributed by atoms with E-state index in [1.807, 2.05) is 18.2 Å². The van der Waals surface area contributed by atoms with E-state index in [0.717, 1.165) is 28.4 Å². The van der Waals surface area contributed by atoms with Crippen LogP contribution in [0.25, 0.3) is 21.9 Å². The summed E-state index contributed by atoms with van der Waals surface area (Å²) < 4.78 is 0. The normalized spacial score (nSPS) is 11.1. The summed E-state index contributed by atoms with van der Waals surface area (Å²) >= 11 is 0. The second-order valence-corrected chi connectivity index (χ2v) is 3.53. The van der Waals surface area contributed by atoms with Gasteiger partial charge in [-0.3, -0.25) is 0 Å². The second kappa shape index (κ2) is 3.44. The minimum absolute atomic E-state index is 0.718. The summed E-state index contributed by atoms with van der Waals surface area (Å²) in [6.07, 6.45) is 2.63. The lowest BCUT2D eigenvalue weighted by Gasteiger charge is -1.96. The number of hydrogen-bond acceptors (Lipinski definition) is 5. The monoisotopic (exact) mass is 211 g/mol. The van der Waals surface area contributed by atoms with Gasteiger partial charge >= 0.3 is 0 Å². The molecule has 3 rings (SSSR count). The number of hydrogen-bond donors (Lipinski definition) is 0. The molecule has 0 spiro atoms. The average molecular weight is 211 g/mol. The summed E-state index contributed by atoms with van der Waals surface area (Å²) in [6, 6.07) is 5.89. The molecule has 0 aliphatic rings. The van der Waals surface area contributed by atoms with Crippen molar-refractivity contribution in [2.45, 2.75) is 13.3 Å². The first-order chi connectivity index (χ1) is 7.90. The first-order valence-electron chi connectivity index (χ1n) is 5.12. The van der Waals surface area contributed by atoms with E-state index in [-0.39, 0.29) is 0 Å². The van der Waals surface area contributed by atoms with Gasteiger partial charge in [0.05, 0.1) is 0 Å². The zero-order valence-electron chi connectivity index (χ0n) is 8.75. The molecule has 3 aromatic rings. The van der Waals surface area contributed by atoms with Crippen LogP contribution in [0.2, 0.25) is 0 Å². The highest BCUT2D eigenvalue weighted by Crippen LogP contribution is 2.21. The molecule has 0 aliphatic heterocycles. The maximum atomic E-state index is 4.16. The van der Waals surface area contributed by atoms with E-state index in [9.17, 15) is 0 Å². The van der Waals surface area contributed by atoms with E-state index in [0.29, 0.717) is 0 Å². The lowest BCUT2D eigenvalue weighted by molar-refractivity contribution is 0.959. The fourth-order valence-corrected chi connectivity index (χ4v) is 1.84. The zero-order valence-corrected chi connectivity index (χ0v) is 8.75. The minimum Gasteiger partial charge on any atom is -0.158 e. The van der Waals surface area contributed by atoms with Crippen LogP contribution < -0.4 is 0 Å². The second-order valence-electron chi connectivity index (χ2n) is 3.53. The largest absolute Gasteiger partial charge is 0.158 e. The Kier molecular flexibility index (Phi) is 1.96. The standard InChI is InChI=1S/C11H9N5/c1-2-7-5-6-12-14-10-8(7)3-4-9-11(10)15-16-13-9/h3-6H,2H2,1H3. The van der Waals surface area contributed by atoms with Crippen LogP contribution >= 0.6 is 0 Å². The lowest BCUT2D eigenvalue weighted by atomic mass is 10.1. The van der Waals surface area contributed by atoms with E-state index in [4.69, 9.17) is 0 Å². The molecule has 5 heteroatoms. The Bertz CT molecular complexity index is 665. The van der Waals surface area contributed by atoms with Crippen molar-refractivity contribution in [2.24, 2.45) is 0 Å². The summed E-state index contributed by atoms with van der Waals surface area (Å²) in [4.78, 5) is 0. The van der Waals surface area contributed by atoms with Gasteiger partial charge in [0.25, 0.3) is 0 Å². The van der Waals surface area contributed by atoms with Gasteiger partial charge in [-0.05, 0) is 29.3 Å². The molecule has 0 unspecified atom stereocenters. The van der Waals surface area contributed by atoms with E-state index in [2.05, 4.69) is 32.5 Å². The quantitative estimate of drug-likeness (QED) is 0.610. The summed E-state index contributed by atoms with van der Waals surface area (Å²) in [5.41, 5.74) is 3.44. The molecule has 0 saturated carbocycles. The Morgan fingerprint density at radius 3 is 2.81 bits per heavy atom. The molecule has 0 fully saturated rings. The molecule has 0 amide bonds. The van der Waals surface area contributed by atoms with Gasteiger partial charge in [-0.15, -0.1) is 15.3 Å². The lowest BCUT2D eigenvalue weighted by Crippen LogP contribution is -1.82. The molecule has 1 aromatic carbocycles. The van der Waals surface area contributed by atoms with Crippen molar-refractivity contribution in [2.75, 3.05) is 0 Å². The van der Waals surface area contributed by atoms with Crippen molar-refractivity contribution >= 4 is 21.9 Å². The van der Waals surface area contributed by atoms with Crippen LogP contribution in [0.3, 0.4) is 0 Å². The van der Waals surface area contributed by atoms with Gasteiger partial charge in [0, 0.05) is 11.6 Å². The maximum absolute atomic E-state index is 4.16. The van der Waals surface area contributed by atoms with Gasteiger partial charge in [-0.2, -0.15) is 5.10 Å². The van der Waals surface area contributed by atoms with Crippen molar-refractivity contribution in [3.8, 4) is 0 Å². The highest BCUT2D eigenvalue weighted by molar-refractivity contribution is 6.01. The first kappa shape index (κ1) is 9.08. The number of rotatable bonds is 1. The summed E-state index contributed by atoms with van der Waals surface area (Å²) in [5.74, 6) is 0. The van der Waals surface area contributed by atoms with Crippen LogP contribution in [-0.4, -0.2) is 25.6 Å². The van der Waals surface area contributed by atoms with Crippen molar-refractivity contribution < 1.29 is 0 Å². The van der Waals surface area contributed by atoms with Crippen LogP contribution in [0.4, 0.5) is 0 Å². The molecule has 2 aromatic heterocycles. The molecule has 78 valence electrons. The molecule has 0 atom stereocenters. The third kappa shape index (κ3) is 1.21. The Morgan fingerprint density at radius 1 is 1.00 bits per heavy atom.